The highest BCUT2D eigenvalue weighted by molar-refractivity contribution is 5.99. The van der Waals surface area contributed by atoms with Gasteiger partial charge >= 0.3 is 6.18 Å². The molecule has 4 aromatic heterocycles. The van der Waals surface area contributed by atoms with Gasteiger partial charge in [-0.1, -0.05) is 0 Å². The normalized spacial score (nSPS) is 17.8. The molecule has 8 nitrogen and oxygen atoms in total. The average molecular weight is 532 g/mol. The fourth-order valence-corrected chi connectivity index (χ4v) is 5.68. The maximum Gasteiger partial charge on any atom is 0.408 e. The molecule has 198 valence electrons. The summed E-state index contributed by atoms with van der Waals surface area (Å²) in [6.07, 6.45) is 2.08. The predicted octanol–water partition coefficient (Wildman–Crippen LogP) is 4.56. The number of imidazole rings is 1. The van der Waals surface area contributed by atoms with Gasteiger partial charge in [0.15, 0.2) is 11.5 Å². The molecule has 0 bridgehead atoms. The number of carbonyl (C=O) groups is 2. The number of Topliss-reactive ketones (excluding diaryl/α,β-unsaturated/α-hetero) is 1. The minimum atomic E-state index is -4.63. The summed E-state index contributed by atoms with van der Waals surface area (Å²) < 4.78 is 70.1. The van der Waals surface area contributed by atoms with E-state index in [9.17, 15) is 31.5 Å². The van der Waals surface area contributed by atoms with Gasteiger partial charge in [-0.15, -0.1) is 0 Å². The smallest absolute Gasteiger partial charge is 0.337 e. The average Bonchev–Trinajstić information content (AvgIpc) is 3.54. The van der Waals surface area contributed by atoms with Gasteiger partial charge in [0.25, 0.3) is 5.91 Å². The number of nitrogens with zero attached hydrogens (tertiary/aromatic N) is 6. The van der Waals surface area contributed by atoms with E-state index in [1.807, 2.05) is 0 Å². The summed E-state index contributed by atoms with van der Waals surface area (Å²) in [6.45, 7) is -0.735. The van der Waals surface area contributed by atoms with Crippen molar-refractivity contribution in [1.82, 2.24) is 29.0 Å². The van der Waals surface area contributed by atoms with Gasteiger partial charge in [0.2, 0.25) is 0 Å². The van der Waals surface area contributed by atoms with Gasteiger partial charge in [0.05, 0.1) is 17.4 Å². The Morgan fingerprint density at radius 2 is 1.82 bits per heavy atom. The summed E-state index contributed by atoms with van der Waals surface area (Å²) in [5.41, 5.74) is -0.622. The second-order valence-electron chi connectivity index (χ2n) is 9.90. The van der Waals surface area contributed by atoms with Crippen LogP contribution < -0.4 is 0 Å². The molecule has 0 radical (unpaired) electrons. The first-order valence-electron chi connectivity index (χ1n) is 12.1. The van der Waals surface area contributed by atoms with Crippen molar-refractivity contribution in [3.05, 3.63) is 48.1 Å². The van der Waals surface area contributed by atoms with E-state index in [1.54, 1.807) is 4.90 Å². The summed E-state index contributed by atoms with van der Waals surface area (Å²) in [5, 5.41) is 4.24. The lowest BCUT2D eigenvalue weighted by Gasteiger charge is -2.38. The second-order valence-corrected chi connectivity index (χ2v) is 9.90. The van der Waals surface area contributed by atoms with Crippen LogP contribution in [-0.2, 0) is 11.3 Å². The maximum atomic E-state index is 14.2. The molecule has 1 saturated carbocycles. The van der Waals surface area contributed by atoms with Gasteiger partial charge in [-0.2, -0.15) is 18.3 Å². The Balaban J connectivity index is 1.39. The highest BCUT2D eigenvalue weighted by Gasteiger charge is 2.44. The lowest BCUT2D eigenvalue weighted by molar-refractivity contribution is -0.141. The summed E-state index contributed by atoms with van der Waals surface area (Å²) >= 11 is 0. The number of aromatic nitrogens is 5. The molecule has 1 spiro atoms. The second kappa shape index (κ2) is 8.57. The monoisotopic (exact) mass is 532 g/mol. The summed E-state index contributed by atoms with van der Waals surface area (Å²) in [7, 11) is 0. The molecule has 2 fully saturated rings. The zero-order chi connectivity index (χ0) is 26.8. The van der Waals surface area contributed by atoms with Crippen molar-refractivity contribution in [2.24, 2.45) is 5.41 Å². The molecule has 1 amide bonds. The molecule has 0 aromatic carbocycles. The third-order valence-electron chi connectivity index (χ3n) is 7.61. The SMILES string of the molecule is O=C(c1cc2c(cn1)c(-c1cnc3c(F)cc(F)cn13)nn2CC(F)(F)F)N1CCC2(CCCC2=O)CC1. The molecular formula is C25H21F5N6O2. The van der Waals surface area contributed by atoms with Crippen LogP contribution in [0.5, 0.6) is 0 Å². The van der Waals surface area contributed by atoms with Crippen molar-refractivity contribution in [2.75, 3.05) is 13.1 Å². The number of likely N-dealkylation sites (tertiary alicyclic amines) is 1. The van der Waals surface area contributed by atoms with Gasteiger partial charge < -0.3 is 4.90 Å². The zero-order valence-corrected chi connectivity index (χ0v) is 19.9. The molecule has 6 rings (SSSR count). The maximum absolute atomic E-state index is 14.2. The number of alkyl halides is 3. The van der Waals surface area contributed by atoms with Crippen molar-refractivity contribution >= 4 is 28.2 Å². The zero-order valence-electron chi connectivity index (χ0n) is 19.9. The third-order valence-corrected chi connectivity index (χ3v) is 7.61. The van der Waals surface area contributed by atoms with Crippen LogP contribution >= 0.6 is 0 Å². The van der Waals surface area contributed by atoms with Crippen molar-refractivity contribution in [3.63, 3.8) is 0 Å². The standard InChI is InChI=1S/C25H21F5N6O2/c26-14-8-16(27)22-32-11-19(35(22)12-14)21-15-10-31-17(9-18(15)36(33-21)13-25(28,29)30)23(38)34-6-4-24(5-7-34)3-1-2-20(24)37/h8-12H,1-7,13H2. The van der Waals surface area contributed by atoms with Crippen LogP contribution in [0, 0.1) is 17.0 Å². The molecule has 4 aromatic rings. The van der Waals surface area contributed by atoms with Crippen LogP contribution in [-0.4, -0.2) is 60.0 Å². The number of hydrogen-bond acceptors (Lipinski definition) is 5. The predicted molar refractivity (Wildman–Crippen MR) is 124 cm³/mol. The van der Waals surface area contributed by atoms with Crippen molar-refractivity contribution in [2.45, 2.75) is 44.8 Å². The molecule has 1 aliphatic heterocycles. The number of halogens is 5. The van der Waals surface area contributed by atoms with Gasteiger partial charge in [0, 0.05) is 48.8 Å². The van der Waals surface area contributed by atoms with Crippen LogP contribution in [0.2, 0.25) is 0 Å². The van der Waals surface area contributed by atoms with Gasteiger partial charge in [-0.25, -0.2) is 13.8 Å². The molecule has 1 aliphatic carbocycles. The Morgan fingerprint density at radius 1 is 1.05 bits per heavy atom. The Kier molecular flexibility index (Phi) is 5.51. The molecule has 0 unspecified atom stereocenters. The van der Waals surface area contributed by atoms with Crippen molar-refractivity contribution < 1.29 is 31.5 Å². The van der Waals surface area contributed by atoms with Gasteiger partial charge in [-0.3, -0.25) is 23.7 Å². The quantitative estimate of drug-likeness (QED) is 0.361. The van der Waals surface area contributed by atoms with Crippen LogP contribution in [0.25, 0.3) is 27.9 Å². The Morgan fingerprint density at radius 3 is 2.50 bits per heavy atom. The Bertz CT molecular complexity index is 1600. The fourth-order valence-electron chi connectivity index (χ4n) is 5.68. The summed E-state index contributed by atoms with van der Waals surface area (Å²) in [6, 6.07) is 1.90. The third kappa shape index (κ3) is 4.00. The van der Waals surface area contributed by atoms with Crippen LogP contribution in [0.4, 0.5) is 22.0 Å². The first-order valence-corrected chi connectivity index (χ1v) is 12.1. The van der Waals surface area contributed by atoms with E-state index < -0.39 is 30.3 Å². The van der Waals surface area contributed by atoms with E-state index in [0.717, 1.165) is 23.4 Å². The number of amides is 1. The first-order chi connectivity index (χ1) is 18.0. The molecule has 38 heavy (non-hydrogen) atoms. The molecule has 5 heterocycles. The molecule has 0 N–H and O–H groups in total. The van der Waals surface area contributed by atoms with E-state index in [0.29, 0.717) is 43.1 Å². The minimum absolute atomic E-state index is 0.0121. The van der Waals surface area contributed by atoms with E-state index >= 15 is 0 Å². The van der Waals surface area contributed by atoms with Crippen LogP contribution in [0.3, 0.4) is 0 Å². The number of fused-ring (bicyclic) bond motifs is 2. The highest BCUT2D eigenvalue weighted by Crippen LogP contribution is 2.43. The van der Waals surface area contributed by atoms with E-state index in [1.165, 1.54) is 18.5 Å². The molecule has 13 heteroatoms. The Hall–Kier alpha value is -3.90. The van der Waals surface area contributed by atoms with Crippen molar-refractivity contribution in [1.29, 1.82) is 0 Å². The van der Waals surface area contributed by atoms with Gasteiger partial charge in [-0.05, 0) is 31.7 Å². The lowest BCUT2D eigenvalue weighted by Crippen LogP contribution is -2.45. The summed E-state index contributed by atoms with van der Waals surface area (Å²) in [4.78, 5) is 35.3. The number of pyridine rings is 2. The van der Waals surface area contributed by atoms with Crippen LogP contribution in [0.1, 0.15) is 42.6 Å². The molecular weight excluding hydrogens is 511 g/mol. The minimum Gasteiger partial charge on any atom is -0.337 e. The highest BCUT2D eigenvalue weighted by atomic mass is 19.4. The Labute approximate surface area is 212 Å². The van der Waals surface area contributed by atoms with E-state index in [2.05, 4.69) is 15.1 Å². The van der Waals surface area contributed by atoms with Crippen molar-refractivity contribution in [3.8, 4) is 11.4 Å². The molecule has 2 aliphatic rings. The number of piperidine rings is 1. The number of rotatable bonds is 3. The van der Waals surface area contributed by atoms with E-state index in [4.69, 9.17) is 0 Å². The summed E-state index contributed by atoms with van der Waals surface area (Å²) in [5.74, 6) is -2.06. The topological polar surface area (TPSA) is 85.4 Å². The van der Waals surface area contributed by atoms with Gasteiger partial charge in [0.1, 0.15) is 29.5 Å². The fraction of sp³-hybridized carbons (Fsp3) is 0.400. The lowest BCUT2D eigenvalue weighted by atomic mass is 9.76. The number of ketones is 1. The van der Waals surface area contributed by atoms with Crippen LogP contribution in [0.15, 0.2) is 30.7 Å². The number of carbonyl (C=O) groups excluding carboxylic acids is 2. The largest absolute Gasteiger partial charge is 0.408 e. The molecule has 1 saturated heterocycles. The first kappa shape index (κ1) is 24.4. The number of hydrogen-bond donors (Lipinski definition) is 0. The molecule has 0 atom stereocenters. The van der Waals surface area contributed by atoms with E-state index in [-0.39, 0.29) is 44.8 Å².